The largest absolute Gasteiger partial charge is 0.377 e. The first-order chi connectivity index (χ1) is 24.8. The fraction of sp³-hybridized carbons (Fsp3) is 0.200. The zero-order chi connectivity index (χ0) is 39.0. The zero-order valence-corrected chi connectivity index (χ0v) is 31.9. The Morgan fingerprint density at radius 2 is 1.04 bits per heavy atom. The van der Waals surface area contributed by atoms with Gasteiger partial charge in [-0.1, -0.05) is 18.2 Å². The summed E-state index contributed by atoms with van der Waals surface area (Å²) in [6.07, 6.45) is 0. The van der Waals surface area contributed by atoms with Crippen LogP contribution in [-0.4, -0.2) is 40.0 Å². The lowest BCUT2D eigenvalue weighted by molar-refractivity contribution is 0.480. The van der Waals surface area contributed by atoms with Gasteiger partial charge in [0.2, 0.25) is 0 Å². The highest BCUT2D eigenvalue weighted by Crippen LogP contribution is 2.43. The highest BCUT2D eigenvalue weighted by molar-refractivity contribution is 7.86. The molecule has 272 valence electrons. The Balaban J connectivity index is 1.72. The molecule has 13 heteroatoms. The highest BCUT2D eigenvalue weighted by atomic mass is 32.2. The fourth-order valence-electron chi connectivity index (χ4n) is 6.71. The van der Waals surface area contributed by atoms with E-state index in [2.05, 4.69) is 22.8 Å². The summed E-state index contributed by atoms with van der Waals surface area (Å²) < 4.78 is 70.3. The van der Waals surface area contributed by atoms with E-state index in [1.807, 2.05) is 90.0 Å². The summed E-state index contributed by atoms with van der Waals surface area (Å²) in [6, 6.07) is 25.9. The van der Waals surface area contributed by atoms with Crippen molar-refractivity contribution in [3.63, 3.8) is 0 Å². The van der Waals surface area contributed by atoms with E-state index in [1.54, 1.807) is 24.3 Å². The molecule has 0 aliphatic rings. The van der Waals surface area contributed by atoms with Crippen molar-refractivity contribution in [1.82, 2.24) is 0 Å². The predicted octanol–water partition coefficient (Wildman–Crippen LogP) is 8.20. The van der Waals surface area contributed by atoms with E-state index in [9.17, 15) is 36.5 Å². The zero-order valence-electron chi connectivity index (χ0n) is 30.3. The monoisotopic (exact) mass is 749 g/mol. The normalized spacial score (nSPS) is 12.1. The molecule has 5 rings (SSSR count). The van der Waals surface area contributed by atoms with Crippen molar-refractivity contribution in [2.75, 3.05) is 29.6 Å². The van der Waals surface area contributed by atoms with E-state index in [0.29, 0.717) is 33.6 Å². The Kier molecular flexibility index (Phi) is 10.7. The summed E-state index contributed by atoms with van der Waals surface area (Å²) in [6.45, 7) is 9.50. The summed E-state index contributed by atoms with van der Waals surface area (Å²) in [5.41, 5.74) is 10.6. The molecule has 11 nitrogen and oxygen atoms in total. The number of hydrogen-bond donors (Lipinski definition) is 4. The van der Waals surface area contributed by atoms with Crippen LogP contribution in [0.2, 0.25) is 0 Å². The summed E-state index contributed by atoms with van der Waals surface area (Å²) in [5.74, 6) is -0.861. The number of nitrogens with zero attached hydrogens (tertiary/aromatic N) is 3. The standard InChI is InChI=1S/C40H39N5O6S2/c1-23-18-30(43-39-24(2)14-28(21-41)15-25(39)3)8-11-33(23)38(35-13-10-32(52(46,47)48)20-37(35)53(49,50)51)34-12-9-31(19-36(34)45(6)7)44-40-26(4)16-29(22-42)17-27(40)5/h8-20,38,43-44H,1-7H3,(H,46,47,48)(H,49,50,51). The van der Waals surface area contributed by atoms with Gasteiger partial charge < -0.3 is 15.5 Å². The van der Waals surface area contributed by atoms with Crippen molar-refractivity contribution >= 4 is 48.7 Å². The van der Waals surface area contributed by atoms with Crippen molar-refractivity contribution < 1.29 is 25.9 Å². The first-order valence-electron chi connectivity index (χ1n) is 16.4. The van der Waals surface area contributed by atoms with E-state index in [-0.39, 0.29) is 5.56 Å². The van der Waals surface area contributed by atoms with Gasteiger partial charge in [0.15, 0.2) is 0 Å². The molecular weight excluding hydrogens is 711 g/mol. The molecule has 1 atom stereocenters. The minimum atomic E-state index is -5.01. The first-order valence-corrected chi connectivity index (χ1v) is 19.3. The van der Waals surface area contributed by atoms with Crippen molar-refractivity contribution in [2.45, 2.75) is 50.3 Å². The number of nitriles is 2. The third-order valence-corrected chi connectivity index (χ3v) is 10.9. The van der Waals surface area contributed by atoms with Gasteiger partial charge in [0, 0.05) is 48.5 Å². The van der Waals surface area contributed by atoms with Gasteiger partial charge in [-0.2, -0.15) is 27.4 Å². The Morgan fingerprint density at radius 1 is 0.585 bits per heavy atom. The van der Waals surface area contributed by atoms with E-state index >= 15 is 0 Å². The molecule has 0 saturated heterocycles. The average molecular weight is 750 g/mol. The van der Waals surface area contributed by atoms with Gasteiger partial charge in [0.05, 0.1) is 33.1 Å². The topological polar surface area (TPSA) is 184 Å². The molecule has 0 aromatic heterocycles. The minimum Gasteiger partial charge on any atom is -0.377 e. The lowest BCUT2D eigenvalue weighted by atomic mass is 9.81. The van der Waals surface area contributed by atoms with E-state index in [1.165, 1.54) is 6.07 Å². The summed E-state index contributed by atoms with van der Waals surface area (Å²) in [7, 11) is -6.15. The molecule has 0 amide bonds. The Morgan fingerprint density at radius 3 is 1.45 bits per heavy atom. The summed E-state index contributed by atoms with van der Waals surface area (Å²) in [4.78, 5) is 0.518. The molecule has 0 spiro atoms. The maximum absolute atomic E-state index is 12.9. The molecule has 0 aliphatic carbocycles. The second-order valence-electron chi connectivity index (χ2n) is 13.3. The van der Waals surface area contributed by atoms with Crippen LogP contribution in [0, 0.1) is 57.3 Å². The maximum Gasteiger partial charge on any atom is 0.294 e. The van der Waals surface area contributed by atoms with Crippen molar-refractivity contribution in [3.8, 4) is 12.1 Å². The van der Waals surface area contributed by atoms with Crippen molar-refractivity contribution in [2.24, 2.45) is 0 Å². The maximum atomic E-state index is 12.9. The lowest BCUT2D eigenvalue weighted by Gasteiger charge is -2.28. The van der Waals surface area contributed by atoms with E-state index in [4.69, 9.17) is 0 Å². The third-order valence-electron chi connectivity index (χ3n) is 9.14. The van der Waals surface area contributed by atoms with Crippen molar-refractivity contribution in [1.29, 1.82) is 10.5 Å². The summed E-state index contributed by atoms with van der Waals surface area (Å²) in [5, 5.41) is 25.7. The number of aryl methyl sites for hydroxylation is 5. The second kappa shape index (κ2) is 14.7. The minimum absolute atomic E-state index is 0.0880. The average Bonchev–Trinajstić information content (AvgIpc) is 3.08. The fourth-order valence-corrected chi connectivity index (χ4v) is 8.05. The molecule has 0 bridgehead atoms. The molecule has 4 N–H and O–H groups in total. The van der Waals surface area contributed by atoms with Gasteiger partial charge in [-0.3, -0.25) is 9.11 Å². The molecule has 5 aromatic carbocycles. The number of nitrogens with one attached hydrogen (secondary N) is 2. The van der Waals surface area contributed by atoms with Gasteiger partial charge in [0.25, 0.3) is 20.2 Å². The van der Waals surface area contributed by atoms with Gasteiger partial charge >= 0.3 is 0 Å². The van der Waals surface area contributed by atoms with Crippen LogP contribution in [0.1, 0.15) is 61.6 Å². The van der Waals surface area contributed by atoms with E-state index in [0.717, 1.165) is 57.0 Å². The Bertz CT molecular complexity index is 2540. The number of anilines is 5. The Hall–Kier alpha value is -5.70. The van der Waals surface area contributed by atoms with Crippen LogP contribution in [0.25, 0.3) is 0 Å². The SMILES string of the molecule is Cc1cc(Nc2c(C)cc(C#N)cc2C)ccc1C(c1ccc(Nc2c(C)cc(C#N)cc2C)cc1N(C)C)c1ccc(S(=O)(=O)O)cc1S(=O)(=O)O. The summed E-state index contributed by atoms with van der Waals surface area (Å²) >= 11 is 0. The molecule has 1 unspecified atom stereocenters. The highest BCUT2D eigenvalue weighted by Gasteiger charge is 2.30. The molecule has 0 saturated carbocycles. The molecular formula is C40H39N5O6S2. The quantitative estimate of drug-likeness (QED) is 0.0797. The lowest BCUT2D eigenvalue weighted by Crippen LogP contribution is -2.18. The predicted molar refractivity (Wildman–Crippen MR) is 207 cm³/mol. The van der Waals surface area contributed by atoms with E-state index < -0.39 is 35.9 Å². The smallest absolute Gasteiger partial charge is 0.294 e. The molecule has 5 aromatic rings. The third kappa shape index (κ3) is 8.19. The number of rotatable bonds is 10. The second-order valence-corrected chi connectivity index (χ2v) is 16.1. The van der Waals surface area contributed by atoms with Crippen LogP contribution in [0.15, 0.2) is 88.7 Å². The van der Waals surface area contributed by atoms with Gasteiger partial charge in [-0.15, -0.1) is 0 Å². The van der Waals surface area contributed by atoms with Crippen LogP contribution < -0.4 is 15.5 Å². The van der Waals surface area contributed by atoms with Crippen LogP contribution >= 0.6 is 0 Å². The molecule has 53 heavy (non-hydrogen) atoms. The Labute approximate surface area is 310 Å². The van der Waals surface area contributed by atoms with Crippen LogP contribution in [0.4, 0.5) is 28.4 Å². The number of benzene rings is 5. The number of hydrogen-bond acceptors (Lipinski definition) is 9. The van der Waals surface area contributed by atoms with Gasteiger partial charge in [0.1, 0.15) is 0 Å². The molecule has 0 fully saturated rings. The van der Waals surface area contributed by atoms with Crippen LogP contribution in [0.3, 0.4) is 0 Å². The van der Waals surface area contributed by atoms with Gasteiger partial charge in [-0.25, -0.2) is 0 Å². The molecule has 0 heterocycles. The molecule has 0 radical (unpaired) electrons. The van der Waals surface area contributed by atoms with Crippen molar-refractivity contribution in [3.05, 3.63) is 134 Å². The van der Waals surface area contributed by atoms with Crippen LogP contribution in [-0.2, 0) is 20.2 Å². The first kappa shape index (κ1) is 38.5. The molecule has 0 aliphatic heterocycles. The van der Waals surface area contributed by atoms with Crippen LogP contribution in [0.5, 0.6) is 0 Å². The van der Waals surface area contributed by atoms with Gasteiger partial charge in [-0.05, 0) is 140 Å².